The van der Waals surface area contributed by atoms with Crippen LogP contribution in [0, 0.1) is 0 Å². The molecule has 0 unspecified atom stereocenters. The molecule has 0 radical (unpaired) electrons. The summed E-state index contributed by atoms with van der Waals surface area (Å²) < 4.78 is 5.62. The van der Waals surface area contributed by atoms with Crippen molar-refractivity contribution >= 4 is 33.7 Å². The maximum Gasteiger partial charge on any atom is 0.326 e. The number of hydrogen-bond donors (Lipinski definition) is 2. The van der Waals surface area contributed by atoms with Crippen molar-refractivity contribution in [1.82, 2.24) is 10.6 Å². The normalized spacial score (nSPS) is 14.8. The maximum absolute atomic E-state index is 11.9. The number of ether oxygens (including phenoxy) is 1. The summed E-state index contributed by atoms with van der Waals surface area (Å²) in [5.74, 6) is -1.36. The van der Waals surface area contributed by atoms with Gasteiger partial charge in [0.15, 0.2) is 6.10 Å². The van der Waals surface area contributed by atoms with E-state index >= 15 is 0 Å². The van der Waals surface area contributed by atoms with Crippen LogP contribution in [0.3, 0.4) is 0 Å². The van der Waals surface area contributed by atoms with Crippen LogP contribution in [0.25, 0.3) is 0 Å². The van der Waals surface area contributed by atoms with Crippen molar-refractivity contribution in [2.75, 3.05) is 6.54 Å². The highest BCUT2D eigenvalue weighted by molar-refractivity contribution is 9.10. The minimum atomic E-state index is -0.867. The molecule has 2 amide bonds. The Morgan fingerprint density at radius 1 is 1.32 bits per heavy atom. The van der Waals surface area contributed by atoms with Crippen molar-refractivity contribution < 1.29 is 19.1 Å². The molecule has 1 aromatic rings. The van der Waals surface area contributed by atoms with E-state index in [1.807, 2.05) is 0 Å². The molecule has 118 valence electrons. The Hall–Kier alpha value is -1.89. The molecule has 7 heteroatoms. The van der Waals surface area contributed by atoms with Gasteiger partial charge >= 0.3 is 5.97 Å². The van der Waals surface area contributed by atoms with Crippen LogP contribution in [-0.4, -0.2) is 36.5 Å². The summed E-state index contributed by atoms with van der Waals surface area (Å²) in [5.41, 5.74) is 0.426. The van der Waals surface area contributed by atoms with Gasteiger partial charge in [-0.15, -0.1) is 0 Å². The molecule has 0 aromatic heterocycles. The Morgan fingerprint density at radius 2 is 2.00 bits per heavy atom. The third kappa shape index (κ3) is 4.84. The van der Waals surface area contributed by atoms with Crippen LogP contribution < -0.4 is 10.6 Å². The Kier molecular flexibility index (Phi) is 5.54. The van der Waals surface area contributed by atoms with Crippen molar-refractivity contribution in [3.05, 3.63) is 34.3 Å². The summed E-state index contributed by atoms with van der Waals surface area (Å²) in [6.45, 7) is 1.21. The first-order valence-corrected chi connectivity index (χ1v) is 7.79. The summed E-state index contributed by atoms with van der Waals surface area (Å²) in [6.07, 6.45) is 1.07. The summed E-state index contributed by atoms with van der Waals surface area (Å²) in [6, 6.07) is 7.09. The topological polar surface area (TPSA) is 84.5 Å². The van der Waals surface area contributed by atoms with E-state index < -0.39 is 12.1 Å². The number of rotatable bonds is 6. The monoisotopic (exact) mass is 368 g/mol. The van der Waals surface area contributed by atoms with E-state index in [2.05, 4.69) is 26.6 Å². The fourth-order valence-corrected chi connectivity index (χ4v) is 2.20. The average molecular weight is 369 g/mol. The molecule has 0 spiro atoms. The van der Waals surface area contributed by atoms with Gasteiger partial charge in [-0.2, -0.15) is 0 Å². The summed E-state index contributed by atoms with van der Waals surface area (Å²) in [4.78, 5) is 35.2. The van der Waals surface area contributed by atoms with Gasteiger partial charge in [-0.25, -0.2) is 0 Å². The number of carbonyl (C=O) groups is 3. The average Bonchev–Trinajstić information content (AvgIpc) is 3.29. The Labute approximate surface area is 136 Å². The molecule has 2 rings (SSSR count). The summed E-state index contributed by atoms with van der Waals surface area (Å²) in [7, 11) is 0. The zero-order valence-electron chi connectivity index (χ0n) is 12.1. The zero-order valence-corrected chi connectivity index (χ0v) is 13.7. The van der Waals surface area contributed by atoms with Crippen molar-refractivity contribution in [2.45, 2.75) is 31.9 Å². The molecule has 1 atom stereocenters. The van der Waals surface area contributed by atoms with E-state index in [0.717, 1.165) is 12.8 Å². The molecule has 1 aliphatic carbocycles. The van der Waals surface area contributed by atoms with E-state index in [4.69, 9.17) is 4.74 Å². The quantitative estimate of drug-likeness (QED) is 0.743. The lowest BCUT2D eigenvalue weighted by Gasteiger charge is -2.13. The van der Waals surface area contributed by atoms with Gasteiger partial charge in [0.05, 0.1) is 5.56 Å². The number of esters is 1. The first-order chi connectivity index (χ1) is 10.5. The van der Waals surface area contributed by atoms with Crippen LogP contribution in [0.5, 0.6) is 0 Å². The maximum atomic E-state index is 11.9. The molecule has 0 saturated heterocycles. The highest BCUT2D eigenvalue weighted by Gasteiger charge is 2.27. The Bertz CT molecular complexity index is 587. The Morgan fingerprint density at radius 3 is 2.64 bits per heavy atom. The minimum Gasteiger partial charge on any atom is -0.451 e. The molecule has 0 bridgehead atoms. The molecule has 1 saturated carbocycles. The summed E-state index contributed by atoms with van der Waals surface area (Å²) >= 11 is 3.26. The molecule has 1 aromatic carbocycles. The molecule has 1 fully saturated rings. The highest BCUT2D eigenvalue weighted by atomic mass is 79.9. The second-order valence-electron chi connectivity index (χ2n) is 5.08. The fraction of sp³-hybridized carbons (Fsp3) is 0.400. The fourth-order valence-electron chi connectivity index (χ4n) is 1.73. The van der Waals surface area contributed by atoms with Crippen LogP contribution in [0.4, 0.5) is 0 Å². The predicted molar refractivity (Wildman–Crippen MR) is 83.2 cm³/mol. The lowest BCUT2D eigenvalue weighted by molar-refractivity contribution is -0.153. The second-order valence-corrected chi connectivity index (χ2v) is 5.93. The number of halogens is 1. The minimum absolute atomic E-state index is 0.212. The smallest absolute Gasteiger partial charge is 0.326 e. The van der Waals surface area contributed by atoms with Crippen molar-refractivity contribution in [2.24, 2.45) is 0 Å². The van der Waals surface area contributed by atoms with Crippen LogP contribution in [0.2, 0.25) is 0 Å². The van der Waals surface area contributed by atoms with E-state index in [0.29, 0.717) is 10.0 Å². The molecule has 6 nitrogen and oxygen atoms in total. The van der Waals surface area contributed by atoms with Gasteiger partial charge in [-0.1, -0.05) is 12.1 Å². The van der Waals surface area contributed by atoms with Crippen molar-refractivity contribution in [3.63, 3.8) is 0 Å². The lowest BCUT2D eigenvalue weighted by Crippen LogP contribution is -2.39. The predicted octanol–water partition coefficient (Wildman–Crippen LogP) is 1.39. The number of hydrogen-bond acceptors (Lipinski definition) is 4. The Balaban J connectivity index is 1.76. The standard InChI is InChI=1S/C15H17BrN2O4/c1-9(14(20)18-10-6-7-10)22-13(19)8-17-15(21)11-4-2-3-5-12(11)16/h2-5,9-10H,6-8H2,1H3,(H,17,21)(H,18,20)/t9-/m0/s1. The van der Waals surface area contributed by atoms with E-state index in [1.165, 1.54) is 6.92 Å². The molecular formula is C15H17BrN2O4. The van der Waals surface area contributed by atoms with Gasteiger partial charge in [0, 0.05) is 10.5 Å². The first-order valence-electron chi connectivity index (χ1n) is 7.00. The molecule has 2 N–H and O–H groups in total. The van der Waals surface area contributed by atoms with E-state index in [9.17, 15) is 14.4 Å². The van der Waals surface area contributed by atoms with Crippen LogP contribution >= 0.6 is 15.9 Å². The number of benzene rings is 1. The van der Waals surface area contributed by atoms with Gasteiger partial charge in [0.1, 0.15) is 6.54 Å². The largest absolute Gasteiger partial charge is 0.451 e. The van der Waals surface area contributed by atoms with E-state index in [-0.39, 0.29) is 24.4 Å². The SMILES string of the molecule is C[C@H](OC(=O)CNC(=O)c1ccccc1Br)C(=O)NC1CC1. The molecular weight excluding hydrogens is 352 g/mol. The molecule has 0 aliphatic heterocycles. The zero-order chi connectivity index (χ0) is 16.1. The third-order valence-electron chi connectivity index (χ3n) is 3.11. The molecule has 22 heavy (non-hydrogen) atoms. The van der Waals surface area contributed by atoms with Crippen LogP contribution in [0.15, 0.2) is 28.7 Å². The summed E-state index contributed by atoms with van der Waals surface area (Å²) in [5, 5.41) is 5.21. The van der Waals surface area contributed by atoms with Gasteiger partial charge in [-0.05, 0) is 47.8 Å². The highest BCUT2D eigenvalue weighted by Crippen LogP contribution is 2.18. The van der Waals surface area contributed by atoms with Crippen LogP contribution in [0.1, 0.15) is 30.1 Å². The van der Waals surface area contributed by atoms with Crippen molar-refractivity contribution in [1.29, 1.82) is 0 Å². The van der Waals surface area contributed by atoms with Gasteiger partial charge in [0.25, 0.3) is 11.8 Å². The van der Waals surface area contributed by atoms with E-state index in [1.54, 1.807) is 24.3 Å². The van der Waals surface area contributed by atoms with Gasteiger partial charge < -0.3 is 15.4 Å². The molecule has 0 heterocycles. The second kappa shape index (κ2) is 7.40. The lowest BCUT2D eigenvalue weighted by atomic mass is 10.2. The number of amides is 2. The van der Waals surface area contributed by atoms with Crippen LogP contribution in [-0.2, 0) is 14.3 Å². The van der Waals surface area contributed by atoms with Crippen molar-refractivity contribution in [3.8, 4) is 0 Å². The van der Waals surface area contributed by atoms with Gasteiger partial charge in [-0.3, -0.25) is 14.4 Å². The van der Waals surface area contributed by atoms with Gasteiger partial charge in [0.2, 0.25) is 0 Å². The number of carbonyl (C=O) groups excluding carboxylic acids is 3. The number of nitrogens with one attached hydrogen (secondary N) is 2. The molecule has 1 aliphatic rings. The third-order valence-corrected chi connectivity index (χ3v) is 3.80. The first kappa shape index (κ1) is 16.5.